The number of carbonyl (C=O) groups excluding carboxylic acids is 1. The number of hydrogen-bond acceptors (Lipinski definition) is 2. The van der Waals surface area contributed by atoms with E-state index in [1.54, 1.807) is 13.0 Å². The number of aryl methyl sites for hydroxylation is 1. The molecule has 1 heterocycles. The van der Waals surface area contributed by atoms with Gasteiger partial charge in [0.2, 0.25) is 0 Å². The van der Waals surface area contributed by atoms with Gasteiger partial charge in [0.25, 0.3) is 5.91 Å². The van der Waals surface area contributed by atoms with Crippen LogP contribution in [-0.4, -0.2) is 25.5 Å². The first-order valence-electron chi connectivity index (χ1n) is 5.42. The molecule has 4 heteroatoms. The first-order chi connectivity index (χ1) is 7.66. The van der Waals surface area contributed by atoms with Gasteiger partial charge in [-0.05, 0) is 24.6 Å². The Kier molecular flexibility index (Phi) is 3.19. The van der Waals surface area contributed by atoms with Crippen molar-refractivity contribution in [2.75, 3.05) is 19.6 Å². The zero-order valence-corrected chi connectivity index (χ0v) is 9.22. The predicted octanol–water partition coefficient (Wildman–Crippen LogP) is 1.08. The normalized spacial score (nSPS) is 15.6. The van der Waals surface area contributed by atoms with Gasteiger partial charge >= 0.3 is 0 Å². The van der Waals surface area contributed by atoms with Crippen LogP contribution in [0.4, 0.5) is 4.39 Å². The maximum Gasteiger partial charge on any atom is 0.254 e. The minimum atomic E-state index is -0.454. The summed E-state index contributed by atoms with van der Waals surface area (Å²) >= 11 is 0. The third kappa shape index (κ3) is 2.39. The fourth-order valence-corrected chi connectivity index (χ4v) is 1.63. The Morgan fingerprint density at radius 2 is 2.31 bits per heavy atom. The van der Waals surface area contributed by atoms with E-state index in [4.69, 9.17) is 0 Å². The van der Waals surface area contributed by atoms with Crippen LogP contribution in [0.25, 0.3) is 0 Å². The van der Waals surface area contributed by atoms with Crippen LogP contribution < -0.4 is 10.6 Å². The second kappa shape index (κ2) is 4.61. The summed E-state index contributed by atoms with van der Waals surface area (Å²) in [5, 5.41) is 5.86. The molecule has 2 rings (SSSR count). The van der Waals surface area contributed by atoms with Gasteiger partial charge < -0.3 is 10.6 Å². The van der Waals surface area contributed by atoms with Crippen LogP contribution in [0.15, 0.2) is 18.2 Å². The van der Waals surface area contributed by atoms with E-state index >= 15 is 0 Å². The molecule has 1 aromatic rings. The van der Waals surface area contributed by atoms with Crippen LogP contribution in [0.1, 0.15) is 15.9 Å². The summed E-state index contributed by atoms with van der Waals surface area (Å²) in [6.45, 7) is 4.26. The second-order valence-corrected chi connectivity index (χ2v) is 4.22. The number of benzene rings is 1. The Hall–Kier alpha value is -1.42. The Bertz CT molecular complexity index is 402. The lowest BCUT2D eigenvalue weighted by molar-refractivity contribution is 0.0938. The smallest absolute Gasteiger partial charge is 0.254 e. The summed E-state index contributed by atoms with van der Waals surface area (Å²) in [6.07, 6.45) is 0. The van der Waals surface area contributed by atoms with Gasteiger partial charge in [0.1, 0.15) is 5.82 Å². The van der Waals surface area contributed by atoms with Crippen LogP contribution in [0.2, 0.25) is 0 Å². The molecule has 1 amide bonds. The molecule has 0 radical (unpaired) electrons. The molecule has 1 aliphatic heterocycles. The number of halogens is 1. The van der Waals surface area contributed by atoms with Gasteiger partial charge in [0.15, 0.2) is 0 Å². The van der Waals surface area contributed by atoms with Crippen molar-refractivity contribution in [2.24, 2.45) is 5.92 Å². The van der Waals surface area contributed by atoms with Crippen LogP contribution in [0, 0.1) is 18.7 Å². The molecule has 0 saturated carbocycles. The molecule has 1 saturated heterocycles. The number of rotatable bonds is 3. The summed E-state index contributed by atoms with van der Waals surface area (Å²) in [6, 6.07) is 4.64. The summed E-state index contributed by atoms with van der Waals surface area (Å²) in [5.41, 5.74) is 0.940. The monoisotopic (exact) mass is 222 g/mol. The van der Waals surface area contributed by atoms with Crippen molar-refractivity contribution < 1.29 is 9.18 Å². The molecule has 1 aromatic carbocycles. The Labute approximate surface area is 94.0 Å². The predicted molar refractivity (Wildman–Crippen MR) is 59.8 cm³/mol. The van der Waals surface area contributed by atoms with E-state index in [-0.39, 0.29) is 11.5 Å². The van der Waals surface area contributed by atoms with Crippen molar-refractivity contribution in [1.82, 2.24) is 10.6 Å². The molecule has 0 atom stereocenters. The lowest BCUT2D eigenvalue weighted by Gasteiger charge is -2.27. The highest BCUT2D eigenvalue weighted by Crippen LogP contribution is 2.10. The van der Waals surface area contributed by atoms with Crippen LogP contribution in [0.5, 0.6) is 0 Å². The fourth-order valence-electron chi connectivity index (χ4n) is 1.63. The second-order valence-electron chi connectivity index (χ2n) is 4.22. The SMILES string of the molecule is Cc1ccc(C(=O)NCC2CNC2)c(F)c1. The molecular weight excluding hydrogens is 207 g/mol. The standard InChI is InChI=1S/C12H15FN2O/c1-8-2-3-10(11(13)4-8)12(16)15-7-9-5-14-6-9/h2-4,9,14H,5-7H2,1H3,(H,15,16). The molecule has 0 unspecified atom stereocenters. The fraction of sp³-hybridized carbons (Fsp3) is 0.417. The van der Waals surface area contributed by atoms with Crippen molar-refractivity contribution in [3.63, 3.8) is 0 Å². The van der Waals surface area contributed by atoms with Crippen molar-refractivity contribution in [3.05, 3.63) is 35.1 Å². The highest BCUT2D eigenvalue weighted by Gasteiger charge is 2.18. The van der Waals surface area contributed by atoms with Gasteiger partial charge in [0.05, 0.1) is 5.56 Å². The number of amides is 1. The molecule has 86 valence electrons. The molecule has 1 fully saturated rings. The van der Waals surface area contributed by atoms with Crippen molar-refractivity contribution in [1.29, 1.82) is 0 Å². The number of carbonyl (C=O) groups is 1. The van der Waals surface area contributed by atoms with Crippen LogP contribution in [0.3, 0.4) is 0 Å². The first kappa shape index (κ1) is 11.1. The lowest BCUT2D eigenvalue weighted by atomic mass is 10.0. The zero-order valence-electron chi connectivity index (χ0n) is 9.22. The van der Waals surface area contributed by atoms with E-state index in [9.17, 15) is 9.18 Å². The summed E-state index contributed by atoms with van der Waals surface area (Å²) in [5.74, 6) is -0.300. The average Bonchev–Trinajstić information content (AvgIpc) is 2.14. The van der Waals surface area contributed by atoms with E-state index in [1.165, 1.54) is 12.1 Å². The number of nitrogens with one attached hydrogen (secondary N) is 2. The van der Waals surface area contributed by atoms with Gasteiger partial charge in [-0.15, -0.1) is 0 Å². The lowest BCUT2D eigenvalue weighted by Crippen LogP contribution is -2.48. The Morgan fingerprint density at radius 3 is 2.88 bits per heavy atom. The highest BCUT2D eigenvalue weighted by molar-refractivity contribution is 5.94. The summed E-state index contributed by atoms with van der Waals surface area (Å²) in [7, 11) is 0. The largest absolute Gasteiger partial charge is 0.352 e. The van der Waals surface area contributed by atoms with E-state index < -0.39 is 5.82 Å². The van der Waals surface area contributed by atoms with E-state index in [1.807, 2.05) is 0 Å². The molecule has 0 bridgehead atoms. The topological polar surface area (TPSA) is 41.1 Å². The first-order valence-corrected chi connectivity index (χ1v) is 5.42. The maximum atomic E-state index is 13.4. The molecule has 0 aliphatic carbocycles. The minimum Gasteiger partial charge on any atom is -0.352 e. The third-order valence-electron chi connectivity index (χ3n) is 2.79. The molecule has 2 N–H and O–H groups in total. The van der Waals surface area contributed by atoms with Gasteiger partial charge in [-0.25, -0.2) is 4.39 Å². The molecule has 16 heavy (non-hydrogen) atoms. The van der Waals surface area contributed by atoms with Crippen LogP contribution in [-0.2, 0) is 0 Å². The molecule has 3 nitrogen and oxygen atoms in total. The Morgan fingerprint density at radius 1 is 1.56 bits per heavy atom. The average molecular weight is 222 g/mol. The van der Waals surface area contributed by atoms with Crippen molar-refractivity contribution in [2.45, 2.75) is 6.92 Å². The zero-order chi connectivity index (χ0) is 11.5. The summed E-state index contributed by atoms with van der Waals surface area (Å²) < 4.78 is 13.4. The number of hydrogen-bond donors (Lipinski definition) is 2. The van der Waals surface area contributed by atoms with Gasteiger partial charge in [0, 0.05) is 25.6 Å². The van der Waals surface area contributed by atoms with Crippen LogP contribution >= 0.6 is 0 Å². The van der Waals surface area contributed by atoms with Gasteiger partial charge in [-0.3, -0.25) is 4.79 Å². The van der Waals surface area contributed by atoms with E-state index in [0.29, 0.717) is 12.5 Å². The maximum absolute atomic E-state index is 13.4. The third-order valence-corrected chi connectivity index (χ3v) is 2.79. The van der Waals surface area contributed by atoms with Gasteiger partial charge in [-0.1, -0.05) is 6.07 Å². The van der Waals surface area contributed by atoms with Gasteiger partial charge in [-0.2, -0.15) is 0 Å². The molecular formula is C12H15FN2O. The summed E-state index contributed by atoms with van der Waals surface area (Å²) in [4.78, 5) is 11.6. The highest BCUT2D eigenvalue weighted by atomic mass is 19.1. The van der Waals surface area contributed by atoms with E-state index in [0.717, 1.165) is 18.7 Å². The molecule has 0 aromatic heterocycles. The van der Waals surface area contributed by atoms with Crippen molar-refractivity contribution in [3.8, 4) is 0 Å². The quantitative estimate of drug-likeness (QED) is 0.803. The molecule has 0 spiro atoms. The van der Waals surface area contributed by atoms with E-state index in [2.05, 4.69) is 10.6 Å². The Balaban J connectivity index is 1.96. The minimum absolute atomic E-state index is 0.123. The van der Waals surface area contributed by atoms with Crippen molar-refractivity contribution >= 4 is 5.91 Å². The molecule has 1 aliphatic rings.